The van der Waals surface area contributed by atoms with Crippen LogP contribution in [0.1, 0.15) is 316 Å². The SMILES string of the molecule is CCC/C=C\C/C=C\CCCCCCCC(=O)OCCCCCCCCCCCCCCC(=O)NC(CO)C(O)/C=C/CCCCCCCCCCCCCCCCCCCCCCCCC. The van der Waals surface area contributed by atoms with E-state index in [0.717, 1.165) is 70.6 Å². The topological polar surface area (TPSA) is 95.9 Å². The number of rotatable bonds is 55. The van der Waals surface area contributed by atoms with Crippen LogP contribution in [0, 0.1) is 0 Å². The van der Waals surface area contributed by atoms with Crippen molar-refractivity contribution in [3.8, 4) is 0 Å². The van der Waals surface area contributed by atoms with Gasteiger partial charge in [-0.15, -0.1) is 0 Å². The minimum Gasteiger partial charge on any atom is -0.466 e. The molecule has 1 amide bonds. The van der Waals surface area contributed by atoms with Gasteiger partial charge < -0.3 is 20.3 Å². The van der Waals surface area contributed by atoms with Gasteiger partial charge in [-0.1, -0.05) is 281 Å². The van der Waals surface area contributed by atoms with E-state index in [-0.39, 0.29) is 18.5 Å². The Morgan fingerprint density at radius 3 is 1.19 bits per heavy atom. The van der Waals surface area contributed by atoms with Crippen LogP contribution in [-0.4, -0.2) is 47.4 Å². The molecule has 0 rings (SSSR count). The zero-order chi connectivity index (χ0) is 48.6. The quantitative estimate of drug-likeness (QED) is 0.0321. The largest absolute Gasteiger partial charge is 0.466 e. The highest BCUT2D eigenvalue weighted by molar-refractivity contribution is 5.76. The lowest BCUT2D eigenvalue weighted by molar-refractivity contribution is -0.143. The molecule has 0 aliphatic carbocycles. The van der Waals surface area contributed by atoms with E-state index in [2.05, 4.69) is 43.5 Å². The van der Waals surface area contributed by atoms with Gasteiger partial charge in [0.15, 0.2) is 0 Å². The third-order valence-corrected chi connectivity index (χ3v) is 13.6. The van der Waals surface area contributed by atoms with E-state index < -0.39 is 12.1 Å². The predicted octanol–water partition coefficient (Wildman–Crippen LogP) is 18.4. The first-order chi connectivity index (χ1) is 33.0. The van der Waals surface area contributed by atoms with Crippen molar-refractivity contribution in [3.05, 3.63) is 36.5 Å². The van der Waals surface area contributed by atoms with E-state index in [1.807, 2.05) is 6.08 Å². The van der Waals surface area contributed by atoms with Crippen LogP contribution in [0.4, 0.5) is 0 Å². The predicted molar refractivity (Wildman–Crippen MR) is 292 cm³/mol. The lowest BCUT2D eigenvalue weighted by Crippen LogP contribution is -2.45. The van der Waals surface area contributed by atoms with E-state index in [4.69, 9.17) is 4.74 Å². The third kappa shape index (κ3) is 53.3. The number of nitrogens with one attached hydrogen (secondary N) is 1. The normalized spacial score (nSPS) is 12.8. The van der Waals surface area contributed by atoms with Gasteiger partial charge in [-0.05, 0) is 57.8 Å². The van der Waals surface area contributed by atoms with E-state index in [9.17, 15) is 19.8 Å². The lowest BCUT2D eigenvalue weighted by atomic mass is 10.0. The Bertz CT molecular complexity index is 1090. The highest BCUT2D eigenvalue weighted by Crippen LogP contribution is 2.17. The minimum atomic E-state index is -0.857. The second kappa shape index (κ2) is 56.7. The molecule has 0 fully saturated rings. The van der Waals surface area contributed by atoms with Crippen molar-refractivity contribution in [2.75, 3.05) is 13.2 Å². The number of amides is 1. The van der Waals surface area contributed by atoms with Crippen molar-refractivity contribution in [3.63, 3.8) is 0 Å². The van der Waals surface area contributed by atoms with Crippen LogP contribution in [0.5, 0.6) is 0 Å². The van der Waals surface area contributed by atoms with Gasteiger partial charge in [-0.25, -0.2) is 0 Å². The summed E-state index contributed by atoms with van der Waals surface area (Å²) in [4.78, 5) is 24.5. The van der Waals surface area contributed by atoms with Crippen LogP contribution in [0.2, 0.25) is 0 Å². The Labute approximate surface area is 417 Å². The number of aliphatic hydroxyl groups excluding tert-OH is 2. The molecule has 3 N–H and O–H groups in total. The van der Waals surface area contributed by atoms with E-state index in [1.165, 1.54) is 218 Å². The molecule has 0 aromatic rings. The molecule has 0 saturated carbocycles. The standard InChI is InChI=1S/C61H115NO5/c1-3-5-7-9-11-13-15-17-18-19-20-21-22-23-24-25-26-27-28-30-33-37-41-45-49-53-59(64)58(57-63)62-60(65)54-50-46-42-38-34-31-32-36-40-44-48-52-56-67-61(66)55-51-47-43-39-35-29-16-14-12-10-8-6-4-2/h8,10,14,16,49,53,58-59,63-64H,3-7,9,11-13,15,17-48,50-52,54-57H2,1-2H3,(H,62,65)/b10-8-,16-14-,53-49+. The van der Waals surface area contributed by atoms with Crippen LogP contribution < -0.4 is 5.32 Å². The average molecular weight is 943 g/mol. The number of aliphatic hydroxyl groups is 2. The summed E-state index contributed by atoms with van der Waals surface area (Å²) >= 11 is 0. The van der Waals surface area contributed by atoms with Crippen molar-refractivity contribution >= 4 is 11.9 Å². The summed E-state index contributed by atoms with van der Waals surface area (Å²) in [6.45, 7) is 4.81. The van der Waals surface area contributed by atoms with Crippen molar-refractivity contribution in [1.82, 2.24) is 5.32 Å². The van der Waals surface area contributed by atoms with Crippen molar-refractivity contribution in [1.29, 1.82) is 0 Å². The number of unbranched alkanes of at least 4 members (excludes halogenated alkanes) is 40. The van der Waals surface area contributed by atoms with Crippen molar-refractivity contribution < 1.29 is 24.5 Å². The Morgan fingerprint density at radius 1 is 0.418 bits per heavy atom. The molecule has 2 unspecified atom stereocenters. The van der Waals surface area contributed by atoms with Gasteiger partial charge in [0.05, 0.1) is 25.4 Å². The summed E-state index contributed by atoms with van der Waals surface area (Å²) < 4.78 is 5.45. The monoisotopic (exact) mass is 942 g/mol. The van der Waals surface area contributed by atoms with Crippen molar-refractivity contribution in [2.45, 2.75) is 328 Å². The van der Waals surface area contributed by atoms with Crippen LogP contribution in [0.15, 0.2) is 36.5 Å². The fourth-order valence-corrected chi connectivity index (χ4v) is 9.08. The lowest BCUT2D eigenvalue weighted by Gasteiger charge is -2.20. The second-order valence-corrected chi connectivity index (χ2v) is 20.3. The zero-order valence-corrected chi connectivity index (χ0v) is 44.9. The van der Waals surface area contributed by atoms with Gasteiger partial charge in [0.2, 0.25) is 5.91 Å². The van der Waals surface area contributed by atoms with Gasteiger partial charge in [0.25, 0.3) is 0 Å². The highest BCUT2D eigenvalue weighted by Gasteiger charge is 2.18. The maximum absolute atomic E-state index is 12.5. The first-order valence-corrected chi connectivity index (χ1v) is 29.8. The van der Waals surface area contributed by atoms with Gasteiger partial charge >= 0.3 is 5.97 Å². The van der Waals surface area contributed by atoms with E-state index >= 15 is 0 Å². The van der Waals surface area contributed by atoms with Gasteiger partial charge in [0, 0.05) is 12.8 Å². The molecular formula is C61H115NO5. The Balaban J connectivity index is 3.49. The van der Waals surface area contributed by atoms with Gasteiger partial charge in [-0.3, -0.25) is 9.59 Å². The Hall–Kier alpha value is -1.92. The molecule has 394 valence electrons. The molecule has 0 aliphatic heterocycles. The second-order valence-electron chi connectivity index (χ2n) is 20.3. The molecule has 0 heterocycles. The number of hydrogen-bond acceptors (Lipinski definition) is 5. The number of carbonyl (C=O) groups is 2. The fourth-order valence-electron chi connectivity index (χ4n) is 9.08. The molecule has 0 saturated heterocycles. The maximum atomic E-state index is 12.5. The first-order valence-electron chi connectivity index (χ1n) is 29.8. The first kappa shape index (κ1) is 65.1. The number of ether oxygens (including phenoxy) is 1. The molecule has 2 atom stereocenters. The van der Waals surface area contributed by atoms with Crippen LogP contribution in [-0.2, 0) is 14.3 Å². The maximum Gasteiger partial charge on any atom is 0.305 e. The molecule has 67 heavy (non-hydrogen) atoms. The summed E-state index contributed by atoms with van der Waals surface area (Å²) in [6.07, 6.45) is 70.3. The molecule has 6 heteroatoms. The molecular weight excluding hydrogens is 827 g/mol. The molecule has 0 aromatic carbocycles. The number of hydrogen-bond donors (Lipinski definition) is 3. The van der Waals surface area contributed by atoms with Crippen LogP contribution in [0.3, 0.4) is 0 Å². The zero-order valence-electron chi connectivity index (χ0n) is 44.9. The van der Waals surface area contributed by atoms with E-state index in [0.29, 0.717) is 19.4 Å². The summed E-state index contributed by atoms with van der Waals surface area (Å²) in [5.41, 5.74) is 0. The number of carbonyl (C=O) groups excluding carboxylic acids is 2. The van der Waals surface area contributed by atoms with Gasteiger partial charge in [-0.2, -0.15) is 0 Å². The van der Waals surface area contributed by atoms with E-state index in [1.54, 1.807) is 6.08 Å². The highest BCUT2D eigenvalue weighted by atomic mass is 16.5. The molecule has 0 bridgehead atoms. The summed E-state index contributed by atoms with van der Waals surface area (Å²) in [6, 6.07) is -0.642. The molecule has 0 aromatic heterocycles. The smallest absolute Gasteiger partial charge is 0.305 e. The molecule has 0 spiro atoms. The third-order valence-electron chi connectivity index (χ3n) is 13.6. The summed E-state index contributed by atoms with van der Waals surface area (Å²) in [7, 11) is 0. The molecule has 0 radical (unpaired) electrons. The van der Waals surface area contributed by atoms with Gasteiger partial charge in [0.1, 0.15) is 0 Å². The number of esters is 1. The average Bonchev–Trinajstić information content (AvgIpc) is 3.33. The fraction of sp³-hybridized carbons (Fsp3) is 0.869. The molecule has 6 nitrogen and oxygen atoms in total. The Kier molecular flexibility index (Phi) is 55.0. The van der Waals surface area contributed by atoms with Crippen molar-refractivity contribution in [2.24, 2.45) is 0 Å². The van der Waals surface area contributed by atoms with Crippen LogP contribution in [0.25, 0.3) is 0 Å². The minimum absolute atomic E-state index is 0.0257. The van der Waals surface area contributed by atoms with Crippen LogP contribution >= 0.6 is 0 Å². The Morgan fingerprint density at radius 2 is 0.776 bits per heavy atom. The summed E-state index contributed by atoms with van der Waals surface area (Å²) in [5.74, 6) is -0.108. The molecule has 0 aliphatic rings. The summed E-state index contributed by atoms with van der Waals surface area (Å²) in [5, 5.41) is 23.2. The number of allylic oxidation sites excluding steroid dienone is 5.